The summed E-state index contributed by atoms with van der Waals surface area (Å²) in [5.41, 5.74) is 0.938. The fraction of sp³-hybridized carbons (Fsp3) is 0.273. The normalized spacial score (nSPS) is 12.1. The first-order valence-corrected chi connectivity index (χ1v) is 5.55. The lowest BCUT2D eigenvalue weighted by Gasteiger charge is -2.13. The predicted octanol–water partition coefficient (Wildman–Crippen LogP) is -0.431. The molecular weight excluding hydrogens is 250 g/mol. The van der Waals surface area contributed by atoms with Crippen LogP contribution in [-0.2, 0) is 18.3 Å². The Hall–Kier alpha value is -2.64. The van der Waals surface area contributed by atoms with Crippen LogP contribution in [0.1, 0.15) is 16.2 Å². The second-order valence-electron chi connectivity index (χ2n) is 4.04. The zero-order chi connectivity index (χ0) is 13.8. The van der Waals surface area contributed by atoms with Gasteiger partial charge in [0.2, 0.25) is 0 Å². The molecule has 2 aromatic heterocycles. The van der Waals surface area contributed by atoms with Gasteiger partial charge < -0.3 is 20.0 Å². The Morgan fingerprint density at radius 2 is 2.26 bits per heavy atom. The van der Waals surface area contributed by atoms with E-state index < -0.39 is 17.9 Å². The van der Waals surface area contributed by atoms with E-state index in [9.17, 15) is 9.59 Å². The standard InChI is InChI=1S/C11H13N5O3/c1-16-6-13-4-9(16)10(17)15-8(11(18)19)2-7-3-12-5-14-7/h3-6,8H,2H2,1H3,(H,12,14)(H,15,17)(H,18,19)/t8-/m1/s1. The summed E-state index contributed by atoms with van der Waals surface area (Å²) in [5.74, 6) is -1.59. The average Bonchev–Trinajstić information content (AvgIpc) is 2.99. The lowest BCUT2D eigenvalue weighted by Crippen LogP contribution is -2.42. The minimum Gasteiger partial charge on any atom is -0.480 e. The second kappa shape index (κ2) is 5.34. The minimum absolute atomic E-state index is 0.138. The molecule has 0 radical (unpaired) electrons. The van der Waals surface area contributed by atoms with E-state index in [-0.39, 0.29) is 6.42 Å². The third-order valence-corrected chi connectivity index (χ3v) is 2.63. The Kier molecular flexibility index (Phi) is 3.60. The number of hydrogen-bond donors (Lipinski definition) is 3. The van der Waals surface area contributed by atoms with Crippen molar-refractivity contribution in [3.8, 4) is 0 Å². The maximum atomic E-state index is 11.9. The number of rotatable bonds is 5. The Morgan fingerprint density at radius 1 is 1.47 bits per heavy atom. The number of H-pyrrole nitrogens is 1. The summed E-state index contributed by atoms with van der Waals surface area (Å²) in [4.78, 5) is 33.5. The first-order chi connectivity index (χ1) is 9.08. The molecule has 2 aromatic rings. The van der Waals surface area contributed by atoms with Crippen LogP contribution in [0, 0.1) is 0 Å². The van der Waals surface area contributed by atoms with Crippen molar-refractivity contribution in [2.75, 3.05) is 0 Å². The van der Waals surface area contributed by atoms with Crippen LogP contribution < -0.4 is 5.32 Å². The Morgan fingerprint density at radius 3 is 2.79 bits per heavy atom. The lowest BCUT2D eigenvalue weighted by molar-refractivity contribution is -0.139. The summed E-state index contributed by atoms with van der Waals surface area (Å²) in [5, 5.41) is 11.6. The van der Waals surface area contributed by atoms with Crippen LogP contribution in [0.3, 0.4) is 0 Å². The number of carboxylic acids is 1. The zero-order valence-corrected chi connectivity index (χ0v) is 10.2. The van der Waals surface area contributed by atoms with Crippen LogP contribution >= 0.6 is 0 Å². The molecule has 0 saturated heterocycles. The maximum Gasteiger partial charge on any atom is 0.326 e. The number of amides is 1. The van der Waals surface area contributed by atoms with Crippen molar-refractivity contribution in [1.29, 1.82) is 0 Å². The van der Waals surface area contributed by atoms with Gasteiger partial charge in [-0.2, -0.15) is 0 Å². The number of carboxylic acid groups (broad SMARTS) is 1. The van der Waals surface area contributed by atoms with Crippen molar-refractivity contribution in [3.05, 3.63) is 36.4 Å². The Labute approximate surface area is 108 Å². The largest absolute Gasteiger partial charge is 0.480 e. The fourth-order valence-electron chi connectivity index (χ4n) is 1.62. The van der Waals surface area contributed by atoms with Gasteiger partial charge in [0.15, 0.2) is 0 Å². The number of carbonyl (C=O) groups excluding carboxylic acids is 1. The molecule has 2 rings (SSSR count). The molecule has 100 valence electrons. The highest BCUT2D eigenvalue weighted by molar-refractivity contribution is 5.95. The molecule has 0 aliphatic carbocycles. The summed E-state index contributed by atoms with van der Waals surface area (Å²) < 4.78 is 1.52. The average molecular weight is 263 g/mol. The fourth-order valence-corrected chi connectivity index (χ4v) is 1.62. The minimum atomic E-state index is -1.11. The molecule has 0 unspecified atom stereocenters. The van der Waals surface area contributed by atoms with Crippen LogP contribution in [0.2, 0.25) is 0 Å². The van der Waals surface area contributed by atoms with E-state index in [1.165, 1.54) is 29.6 Å². The number of hydrogen-bond acceptors (Lipinski definition) is 4. The third kappa shape index (κ3) is 2.97. The smallest absolute Gasteiger partial charge is 0.326 e. The summed E-state index contributed by atoms with van der Waals surface area (Å²) in [7, 11) is 1.66. The maximum absolute atomic E-state index is 11.9. The number of aromatic nitrogens is 4. The van der Waals surface area contributed by atoms with E-state index in [4.69, 9.17) is 5.11 Å². The van der Waals surface area contributed by atoms with E-state index >= 15 is 0 Å². The number of aryl methyl sites for hydroxylation is 1. The van der Waals surface area contributed by atoms with Gasteiger partial charge in [-0.05, 0) is 0 Å². The second-order valence-corrected chi connectivity index (χ2v) is 4.04. The van der Waals surface area contributed by atoms with E-state index in [0.29, 0.717) is 11.4 Å². The summed E-state index contributed by atoms with van der Waals surface area (Å²) in [6.07, 6.45) is 5.96. The van der Waals surface area contributed by atoms with E-state index in [2.05, 4.69) is 20.3 Å². The first kappa shape index (κ1) is 12.8. The van der Waals surface area contributed by atoms with Gasteiger partial charge in [0.25, 0.3) is 5.91 Å². The molecule has 3 N–H and O–H groups in total. The van der Waals surface area contributed by atoms with Crippen molar-refractivity contribution in [1.82, 2.24) is 24.8 Å². The molecule has 2 heterocycles. The van der Waals surface area contributed by atoms with Crippen LogP contribution in [-0.4, -0.2) is 42.5 Å². The van der Waals surface area contributed by atoms with Gasteiger partial charge in [0.1, 0.15) is 11.7 Å². The van der Waals surface area contributed by atoms with Crippen LogP contribution in [0.25, 0.3) is 0 Å². The Bertz CT molecular complexity index is 575. The van der Waals surface area contributed by atoms with Crippen molar-refractivity contribution < 1.29 is 14.7 Å². The number of nitrogens with zero attached hydrogens (tertiary/aromatic N) is 3. The summed E-state index contributed by atoms with van der Waals surface area (Å²) >= 11 is 0. The van der Waals surface area contributed by atoms with Gasteiger partial charge >= 0.3 is 5.97 Å². The quantitative estimate of drug-likeness (QED) is 0.677. The SMILES string of the molecule is Cn1cncc1C(=O)N[C@H](Cc1cnc[nH]1)C(=O)O. The van der Waals surface area contributed by atoms with Crippen molar-refractivity contribution in [2.24, 2.45) is 7.05 Å². The van der Waals surface area contributed by atoms with Gasteiger partial charge in [-0.1, -0.05) is 0 Å². The van der Waals surface area contributed by atoms with Crippen molar-refractivity contribution in [3.63, 3.8) is 0 Å². The molecule has 1 amide bonds. The monoisotopic (exact) mass is 263 g/mol. The van der Waals surface area contributed by atoms with Gasteiger partial charge in [-0.3, -0.25) is 4.79 Å². The highest BCUT2D eigenvalue weighted by Crippen LogP contribution is 2.02. The number of carbonyl (C=O) groups is 2. The number of aromatic amines is 1. The van der Waals surface area contributed by atoms with E-state index in [1.807, 2.05) is 0 Å². The van der Waals surface area contributed by atoms with Crippen molar-refractivity contribution >= 4 is 11.9 Å². The highest BCUT2D eigenvalue weighted by Gasteiger charge is 2.22. The molecule has 0 spiro atoms. The topological polar surface area (TPSA) is 113 Å². The highest BCUT2D eigenvalue weighted by atomic mass is 16.4. The van der Waals surface area contributed by atoms with Crippen LogP contribution in [0.5, 0.6) is 0 Å². The molecule has 0 aromatic carbocycles. The third-order valence-electron chi connectivity index (χ3n) is 2.63. The summed E-state index contributed by atoms with van der Waals surface area (Å²) in [6, 6.07) is -1.03. The van der Waals surface area contributed by atoms with Crippen LogP contribution in [0.4, 0.5) is 0 Å². The lowest BCUT2D eigenvalue weighted by atomic mass is 10.1. The van der Waals surface area contributed by atoms with Gasteiger partial charge in [-0.15, -0.1) is 0 Å². The Balaban J connectivity index is 2.07. The molecule has 0 aliphatic heterocycles. The van der Waals surface area contributed by atoms with Gasteiger partial charge in [0, 0.05) is 25.4 Å². The van der Waals surface area contributed by atoms with Gasteiger partial charge in [-0.25, -0.2) is 14.8 Å². The molecular formula is C11H13N5O3. The van der Waals surface area contributed by atoms with Crippen molar-refractivity contribution in [2.45, 2.75) is 12.5 Å². The van der Waals surface area contributed by atoms with Gasteiger partial charge in [0.05, 0.1) is 18.9 Å². The number of nitrogens with one attached hydrogen (secondary N) is 2. The van der Waals surface area contributed by atoms with E-state index in [0.717, 1.165) is 0 Å². The summed E-state index contributed by atoms with van der Waals surface area (Å²) in [6.45, 7) is 0. The molecule has 0 fully saturated rings. The number of aliphatic carboxylic acids is 1. The molecule has 8 heteroatoms. The molecule has 0 bridgehead atoms. The van der Waals surface area contributed by atoms with E-state index in [1.54, 1.807) is 7.05 Å². The molecule has 0 saturated carbocycles. The number of imidazole rings is 2. The predicted molar refractivity (Wildman–Crippen MR) is 64.4 cm³/mol. The molecule has 0 aliphatic rings. The zero-order valence-electron chi connectivity index (χ0n) is 10.2. The molecule has 1 atom stereocenters. The first-order valence-electron chi connectivity index (χ1n) is 5.55. The molecule has 8 nitrogen and oxygen atoms in total. The molecule has 19 heavy (non-hydrogen) atoms. The van der Waals surface area contributed by atoms with Crippen LogP contribution in [0.15, 0.2) is 25.0 Å².